The summed E-state index contributed by atoms with van der Waals surface area (Å²) in [5.74, 6) is -0.906. The van der Waals surface area contributed by atoms with Gasteiger partial charge in [-0.05, 0) is 23.8 Å². The van der Waals surface area contributed by atoms with Crippen molar-refractivity contribution < 1.29 is 32.9 Å². The highest BCUT2D eigenvalue weighted by molar-refractivity contribution is 7.79. The van der Waals surface area contributed by atoms with E-state index in [2.05, 4.69) is 54.3 Å². The molecule has 152 valence electrons. The van der Waals surface area contributed by atoms with Gasteiger partial charge in [-0.2, -0.15) is 0 Å². The first-order valence-electron chi connectivity index (χ1n) is 8.60. The number of halogens is 4. The first kappa shape index (κ1) is 22.6. The summed E-state index contributed by atoms with van der Waals surface area (Å²) >= 11 is 0. The second-order valence-electron chi connectivity index (χ2n) is 5.98. The van der Waals surface area contributed by atoms with E-state index in [1.165, 1.54) is 15.9 Å². The molecule has 0 saturated heterocycles. The molecule has 0 aliphatic heterocycles. The molecule has 1 atom stereocenters. The highest BCUT2D eigenvalue weighted by Gasteiger charge is 2.21. The third kappa shape index (κ3) is 7.33. The maximum atomic E-state index is 11.1. The van der Waals surface area contributed by atoms with E-state index in [9.17, 15) is 22.1 Å². The molecule has 0 bridgehead atoms. The largest absolute Gasteiger partial charge is 0.673 e. The van der Waals surface area contributed by atoms with Crippen LogP contribution in [0.15, 0.2) is 84.9 Å². The maximum absolute atomic E-state index is 11.1. The van der Waals surface area contributed by atoms with Crippen molar-refractivity contribution in [2.45, 2.75) is 6.04 Å². The van der Waals surface area contributed by atoms with Gasteiger partial charge in [-0.15, -0.1) is 0 Å². The molecule has 3 aromatic carbocycles. The second kappa shape index (κ2) is 10.2. The van der Waals surface area contributed by atoms with E-state index in [4.69, 9.17) is 5.11 Å². The van der Waals surface area contributed by atoms with Gasteiger partial charge in [0.15, 0.2) is 0 Å². The van der Waals surface area contributed by atoms with Crippen LogP contribution in [-0.4, -0.2) is 18.3 Å². The van der Waals surface area contributed by atoms with Gasteiger partial charge in [0.1, 0.15) is 0 Å². The number of hydrogen-bond donors (Lipinski definition) is 2. The van der Waals surface area contributed by atoms with Gasteiger partial charge in [0.05, 0.1) is 0 Å². The Kier molecular flexibility index (Phi) is 7.94. The fourth-order valence-electron chi connectivity index (χ4n) is 2.60. The third-order valence-electron chi connectivity index (χ3n) is 3.88. The summed E-state index contributed by atoms with van der Waals surface area (Å²) in [7, 11) is -6.66. The smallest absolute Gasteiger partial charge is 0.477 e. The molecular formula is C20H19BF4NO2P. The summed E-state index contributed by atoms with van der Waals surface area (Å²) in [5, 5.41) is 12.9. The van der Waals surface area contributed by atoms with Gasteiger partial charge in [-0.25, -0.2) is 4.79 Å². The van der Waals surface area contributed by atoms with Crippen LogP contribution in [0.4, 0.5) is 17.3 Å². The van der Waals surface area contributed by atoms with Gasteiger partial charge in [0, 0.05) is 5.56 Å². The predicted octanol–water partition coefficient (Wildman–Crippen LogP) is 3.11. The maximum Gasteiger partial charge on any atom is 0.673 e. The highest BCUT2D eigenvalue weighted by Crippen LogP contribution is 2.32. The highest BCUT2D eigenvalue weighted by atomic mass is 31.1. The molecule has 0 fully saturated rings. The molecule has 0 heterocycles. The summed E-state index contributed by atoms with van der Waals surface area (Å²) in [6.45, 7) is 0. The van der Waals surface area contributed by atoms with E-state index < -0.39 is 27.2 Å². The van der Waals surface area contributed by atoms with Crippen molar-refractivity contribution in [1.82, 2.24) is 0 Å². The first-order chi connectivity index (χ1) is 13.7. The number of carbonyl (C=O) groups is 1. The zero-order valence-electron chi connectivity index (χ0n) is 15.3. The predicted molar refractivity (Wildman–Crippen MR) is 109 cm³/mol. The van der Waals surface area contributed by atoms with Crippen molar-refractivity contribution in [3.8, 4) is 0 Å². The molecule has 3 rings (SSSR count). The van der Waals surface area contributed by atoms with Crippen LogP contribution in [0.1, 0.15) is 11.6 Å². The van der Waals surface area contributed by atoms with Crippen molar-refractivity contribution in [2.75, 3.05) is 0 Å². The van der Waals surface area contributed by atoms with Crippen LogP contribution in [-0.2, 0) is 4.79 Å². The Labute approximate surface area is 167 Å². The number of benzene rings is 3. The lowest BCUT2D eigenvalue weighted by Gasteiger charge is -2.19. The van der Waals surface area contributed by atoms with E-state index >= 15 is 0 Å². The van der Waals surface area contributed by atoms with Crippen LogP contribution in [0.2, 0.25) is 0 Å². The lowest BCUT2D eigenvalue weighted by molar-refractivity contribution is -0.413. The Morgan fingerprint density at radius 1 is 0.759 bits per heavy atom. The summed E-state index contributed by atoms with van der Waals surface area (Å²) in [6, 6.07) is 27.9. The van der Waals surface area contributed by atoms with Crippen molar-refractivity contribution in [3.05, 3.63) is 90.5 Å². The molecule has 0 aliphatic carbocycles. The molecule has 0 aromatic heterocycles. The topological polar surface area (TPSA) is 64.9 Å². The standard InChI is InChI=1S/C20H18NO2P.BF4/c21-19(20(22)23)15-11-13-18(14-12-15)24(16-7-3-1-4-8-16)17-9-5-2-6-10-17;2-1(3,4)5/h1-14,19H,21H2,(H,22,23);/q;-1/p+1. The van der Waals surface area contributed by atoms with Crippen LogP contribution >= 0.6 is 7.92 Å². The van der Waals surface area contributed by atoms with E-state index in [0.29, 0.717) is 0 Å². The van der Waals surface area contributed by atoms with Crippen molar-refractivity contribution in [1.29, 1.82) is 0 Å². The quantitative estimate of drug-likeness (QED) is 0.377. The van der Waals surface area contributed by atoms with Gasteiger partial charge in [0.2, 0.25) is 6.04 Å². The van der Waals surface area contributed by atoms with Crippen LogP contribution in [0.5, 0.6) is 0 Å². The minimum atomic E-state index is -6.00. The number of aliphatic carboxylic acids is 1. The van der Waals surface area contributed by atoms with Gasteiger partial charge in [0.25, 0.3) is 0 Å². The molecule has 0 amide bonds. The second-order valence-corrected chi connectivity index (χ2v) is 8.20. The fourth-order valence-corrected chi connectivity index (χ4v) is 4.88. The molecule has 0 aliphatic rings. The minimum absolute atomic E-state index is 0.661. The molecule has 0 spiro atoms. The minimum Gasteiger partial charge on any atom is -0.477 e. The van der Waals surface area contributed by atoms with Crippen LogP contribution < -0.4 is 21.6 Å². The van der Waals surface area contributed by atoms with E-state index in [1.54, 1.807) is 0 Å². The normalized spacial score (nSPS) is 12.1. The molecule has 0 saturated carbocycles. The zero-order chi connectivity index (χ0) is 21.4. The lowest BCUT2D eigenvalue weighted by Crippen LogP contribution is -2.57. The summed E-state index contributed by atoms with van der Waals surface area (Å²) in [6.07, 6.45) is 0. The molecule has 1 unspecified atom stereocenters. The van der Waals surface area contributed by atoms with Gasteiger partial charge < -0.3 is 28.1 Å². The molecular weight excluding hydrogens is 404 g/mol. The third-order valence-corrected chi connectivity index (χ3v) is 6.32. The Morgan fingerprint density at radius 2 is 1.10 bits per heavy atom. The monoisotopic (exact) mass is 423 g/mol. The van der Waals surface area contributed by atoms with Gasteiger partial charge >= 0.3 is 13.2 Å². The van der Waals surface area contributed by atoms with Crippen LogP contribution in [0, 0.1) is 0 Å². The van der Waals surface area contributed by atoms with Crippen molar-refractivity contribution >= 4 is 37.1 Å². The molecule has 3 nitrogen and oxygen atoms in total. The molecule has 0 radical (unpaired) electrons. The van der Waals surface area contributed by atoms with Crippen molar-refractivity contribution in [3.63, 3.8) is 0 Å². The number of carboxylic acid groups (broad SMARTS) is 1. The molecule has 3 aromatic rings. The average molecular weight is 423 g/mol. The Balaban J connectivity index is 0.000000537. The Bertz CT molecular complexity index is 864. The van der Waals surface area contributed by atoms with E-state index in [1.807, 2.05) is 36.4 Å². The van der Waals surface area contributed by atoms with Gasteiger partial charge in [-0.1, -0.05) is 84.9 Å². The Hall–Kier alpha value is -2.70. The summed E-state index contributed by atoms with van der Waals surface area (Å²) < 4.78 is 39.0. The lowest BCUT2D eigenvalue weighted by atomic mass is 10.1. The molecule has 29 heavy (non-hydrogen) atoms. The SMILES string of the molecule is F[B-](F)(F)F.[NH3+]C(C(=O)O)c1ccc(P(c2ccccc2)c2ccccc2)cc1. The van der Waals surface area contributed by atoms with E-state index in [-0.39, 0.29) is 0 Å². The number of carboxylic acids is 1. The summed E-state index contributed by atoms with van der Waals surface area (Å²) in [5.41, 5.74) is 4.43. The summed E-state index contributed by atoms with van der Waals surface area (Å²) in [4.78, 5) is 11.1. The zero-order valence-corrected chi connectivity index (χ0v) is 16.2. The van der Waals surface area contributed by atoms with Crippen LogP contribution in [0.3, 0.4) is 0 Å². The Morgan fingerprint density at radius 3 is 1.45 bits per heavy atom. The number of quaternary nitrogens is 1. The first-order valence-corrected chi connectivity index (χ1v) is 9.94. The fraction of sp³-hybridized carbons (Fsp3) is 0.0500. The number of hydrogen-bond acceptors (Lipinski definition) is 1. The van der Waals surface area contributed by atoms with Crippen LogP contribution in [0.25, 0.3) is 0 Å². The molecule has 4 N–H and O–H groups in total. The van der Waals surface area contributed by atoms with E-state index in [0.717, 1.165) is 5.56 Å². The molecule has 9 heteroatoms. The average Bonchev–Trinajstić information content (AvgIpc) is 2.68. The van der Waals surface area contributed by atoms with Gasteiger partial charge in [-0.3, -0.25) is 0 Å². The van der Waals surface area contributed by atoms with Crippen molar-refractivity contribution in [2.24, 2.45) is 0 Å². The number of rotatable bonds is 5.